The molecule has 0 aliphatic heterocycles. The Kier molecular flexibility index (Phi) is 2.97. The molecule has 1 heterocycles. The Morgan fingerprint density at radius 2 is 2.28 bits per heavy atom. The van der Waals surface area contributed by atoms with Crippen LogP contribution in [-0.4, -0.2) is 26.2 Å². The Hall–Kier alpha value is -1.53. The molecule has 0 saturated heterocycles. The predicted molar refractivity (Wildman–Crippen MR) is 64.0 cm³/mol. The average molecular weight is 268 g/mol. The van der Waals surface area contributed by atoms with Gasteiger partial charge in [-0.25, -0.2) is 4.39 Å². The summed E-state index contributed by atoms with van der Waals surface area (Å²) in [6.45, 7) is 0.546. The van der Waals surface area contributed by atoms with Gasteiger partial charge in [0.15, 0.2) is 5.82 Å². The number of tetrazole rings is 1. The summed E-state index contributed by atoms with van der Waals surface area (Å²) in [5.74, 6) is 0.250. The molecule has 0 spiro atoms. The van der Waals surface area contributed by atoms with Crippen molar-refractivity contribution in [1.82, 2.24) is 25.5 Å². The fourth-order valence-electron chi connectivity index (χ4n) is 1.67. The van der Waals surface area contributed by atoms with Crippen LogP contribution in [0.15, 0.2) is 18.2 Å². The molecule has 94 valence electrons. The molecule has 0 radical (unpaired) electrons. The second kappa shape index (κ2) is 4.62. The summed E-state index contributed by atoms with van der Waals surface area (Å²) in [5.41, 5.74) is 0.453. The van der Waals surface area contributed by atoms with E-state index in [1.165, 1.54) is 35.7 Å². The quantitative estimate of drug-likeness (QED) is 0.916. The van der Waals surface area contributed by atoms with Crippen molar-refractivity contribution >= 4 is 11.6 Å². The minimum Gasteiger partial charge on any atom is -0.307 e. The summed E-state index contributed by atoms with van der Waals surface area (Å²) in [6, 6.07) is 4.67. The van der Waals surface area contributed by atoms with Gasteiger partial charge in [-0.15, -0.1) is 5.10 Å². The second-order valence-corrected chi connectivity index (χ2v) is 4.67. The van der Waals surface area contributed by atoms with Crippen LogP contribution in [0.5, 0.6) is 0 Å². The van der Waals surface area contributed by atoms with E-state index in [9.17, 15) is 4.39 Å². The van der Waals surface area contributed by atoms with Crippen LogP contribution in [-0.2, 0) is 6.54 Å². The first-order chi connectivity index (χ1) is 8.74. The second-order valence-electron chi connectivity index (χ2n) is 4.26. The molecule has 1 aromatic heterocycles. The summed E-state index contributed by atoms with van der Waals surface area (Å²) in [5, 5.41) is 15.1. The van der Waals surface area contributed by atoms with Crippen molar-refractivity contribution in [2.24, 2.45) is 0 Å². The van der Waals surface area contributed by atoms with E-state index in [1.807, 2.05) is 0 Å². The monoisotopic (exact) mass is 267 g/mol. The summed E-state index contributed by atoms with van der Waals surface area (Å²) in [4.78, 5) is 0. The Morgan fingerprint density at radius 1 is 1.44 bits per heavy atom. The highest BCUT2D eigenvalue weighted by Gasteiger charge is 2.21. The van der Waals surface area contributed by atoms with E-state index in [2.05, 4.69) is 20.8 Å². The van der Waals surface area contributed by atoms with Gasteiger partial charge in [-0.3, -0.25) is 0 Å². The van der Waals surface area contributed by atoms with Gasteiger partial charge in [0, 0.05) is 12.1 Å². The minimum atomic E-state index is -0.369. The van der Waals surface area contributed by atoms with Gasteiger partial charge in [-0.1, -0.05) is 11.6 Å². The summed E-state index contributed by atoms with van der Waals surface area (Å²) in [6.07, 6.45) is 2.37. The highest BCUT2D eigenvalue weighted by Crippen LogP contribution is 2.22. The first-order valence-electron chi connectivity index (χ1n) is 5.70. The van der Waals surface area contributed by atoms with E-state index in [1.54, 1.807) is 0 Å². The number of hydrogen-bond donors (Lipinski definition) is 1. The van der Waals surface area contributed by atoms with Crippen LogP contribution in [0.3, 0.4) is 0 Å². The van der Waals surface area contributed by atoms with E-state index in [4.69, 9.17) is 11.6 Å². The van der Waals surface area contributed by atoms with Crippen molar-refractivity contribution in [3.8, 4) is 5.69 Å². The zero-order chi connectivity index (χ0) is 12.5. The molecule has 2 aromatic rings. The standard InChI is InChI=1S/C11H11ClFN5/c12-9-4-1-7(13)5-10(9)18-11(15-16-17-18)6-14-8-2-3-8/h1,4-5,8,14H,2-3,6H2. The third kappa shape index (κ3) is 2.34. The van der Waals surface area contributed by atoms with Crippen molar-refractivity contribution in [3.63, 3.8) is 0 Å². The van der Waals surface area contributed by atoms with Crippen molar-refractivity contribution in [2.45, 2.75) is 25.4 Å². The van der Waals surface area contributed by atoms with Gasteiger partial charge < -0.3 is 5.32 Å². The normalized spacial score (nSPS) is 15.0. The summed E-state index contributed by atoms with van der Waals surface area (Å²) in [7, 11) is 0. The molecule has 18 heavy (non-hydrogen) atoms. The van der Waals surface area contributed by atoms with E-state index >= 15 is 0 Å². The molecule has 0 bridgehead atoms. The number of benzene rings is 1. The smallest absolute Gasteiger partial charge is 0.170 e. The Labute approximate surface area is 108 Å². The lowest BCUT2D eigenvalue weighted by Crippen LogP contribution is -2.19. The number of hydrogen-bond acceptors (Lipinski definition) is 4. The predicted octanol–water partition coefficient (Wildman–Crippen LogP) is 1.71. The largest absolute Gasteiger partial charge is 0.307 e. The molecule has 1 aromatic carbocycles. The van der Waals surface area contributed by atoms with Gasteiger partial charge in [-0.2, -0.15) is 4.68 Å². The fraction of sp³-hybridized carbons (Fsp3) is 0.364. The highest BCUT2D eigenvalue weighted by molar-refractivity contribution is 6.32. The molecule has 1 saturated carbocycles. The molecule has 0 atom stereocenters. The van der Waals surface area contributed by atoms with Crippen LogP contribution < -0.4 is 5.32 Å². The fourth-order valence-corrected chi connectivity index (χ4v) is 1.87. The summed E-state index contributed by atoms with van der Waals surface area (Å²) >= 11 is 6.03. The molecule has 1 fully saturated rings. The molecule has 7 heteroatoms. The Morgan fingerprint density at radius 3 is 3.06 bits per heavy atom. The van der Waals surface area contributed by atoms with E-state index < -0.39 is 0 Å². The van der Waals surface area contributed by atoms with Gasteiger partial charge in [0.2, 0.25) is 0 Å². The van der Waals surface area contributed by atoms with Crippen LogP contribution in [0.25, 0.3) is 5.69 Å². The first kappa shape index (κ1) is 11.6. The number of rotatable bonds is 4. The van der Waals surface area contributed by atoms with Gasteiger partial charge >= 0.3 is 0 Å². The molecule has 1 N–H and O–H groups in total. The third-order valence-electron chi connectivity index (χ3n) is 2.80. The molecule has 5 nitrogen and oxygen atoms in total. The maximum Gasteiger partial charge on any atom is 0.170 e. The zero-order valence-electron chi connectivity index (χ0n) is 9.48. The average Bonchev–Trinajstić information content (AvgIpc) is 3.08. The number of halogens is 2. The molecule has 1 aliphatic rings. The molecule has 0 unspecified atom stereocenters. The van der Waals surface area contributed by atoms with Crippen molar-refractivity contribution < 1.29 is 4.39 Å². The number of aromatic nitrogens is 4. The van der Waals surface area contributed by atoms with Gasteiger partial charge in [0.25, 0.3) is 0 Å². The van der Waals surface area contributed by atoms with Crippen LogP contribution in [0.1, 0.15) is 18.7 Å². The van der Waals surface area contributed by atoms with Crippen LogP contribution in [0.2, 0.25) is 5.02 Å². The van der Waals surface area contributed by atoms with E-state index in [0.717, 1.165) is 0 Å². The van der Waals surface area contributed by atoms with E-state index in [-0.39, 0.29) is 5.82 Å². The van der Waals surface area contributed by atoms with Crippen LogP contribution in [0, 0.1) is 5.82 Å². The molecular formula is C11H11ClFN5. The maximum atomic E-state index is 13.2. The molecule has 1 aliphatic carbocycles. The minimum absolute atomic E-state index is 0.369. The van der Waals surface area contributed by atoms with Gasteiger partial charge in [0.1, 0.15) is 5.82 Å². The highest BCUT2D eigenvalue weighted by atomic mass is 35.5. The molecular weight excluding hydrogens is 257 g/mol. The Bertz CT molecular complexity index is 566. The van der Waals surface area contributed by atoms with Crippen molar-refractivity contribution in [3.05, 3.63) is 34.9 Å². The van der Waals surface area contributed by atoms with Crippen LogP contribution in [0.4, 0.5) is 4.39 Å². The molecule has 3 rings (SSSR count). The van der Waals surface area contributed by atoms with Crippen LogP contribution >= 0.6 is 11.6 Å². The molecule has 0 amide bonds. The third-order valence-corrected chi connectivity index (χ3v) is 3.12. The van der Waals surface area contributed by atoms with Crippen molar-refractivity contribution in [2.75, 3.05) is 0 Å². The SMILES string of the molecule is Fc1ccc(Cl)c(-n2nnnc2CNC2CC2)c1. The number of nitrogens with one attached hydrogen (secondary N) is 1. The lowest BCUT2D eigenvalue weighted by molar-refractivity contribution is 0.617. The number of nitrogens with zero attached hydrogens (tertiary/aromatic N) is 4. The first-order valence-corrected chi connectivity index (χ1v) is 6.08. The topological polar surface area (TPSA) is 55.6 Å². The zero-order valence-corrected chi connectivity index (χ0v) is 10.2. The summed E-state index contributed by atoms with van der Waals surface area (Å²) < 4.78 is 14.7. The van der Waals surface area contributed by atoms with Crippen molar-refractivity contribution in [1.29, 1.82) is 0 Å². The Balaban J connectivity index is 1.90. The van der Waals surface area contributed by atoms with E-state index in [0.29, 0.717) is 29.1 Å². The maximum absolute atomic E-state index is 13.2. The lowest BCUT2D eigenvalue weighted by Gasteiger charge is -2.07. The van der Waals surface area contributed by atoms with Gasteiger partial charge in [0.05, 0.1) is 17.3 Å². The lowest BCUT2D eigenvalue weighted by atomic mass is 10.3. The van der Waals surface area contributed by atoms with Gasteiger partial charge in [-0.05, 0) is 35.4 Å².